The molecule has 0 aliphatic rings. The van der Waals surface area contributed by atoms with Crippen molar-refractivity contribution in [2.24, 2.45) is 0 Å². The van der Waals surface area contributed by atoms with E-state index in [0.29, 0.717) is 4.32 Å². The van der Waals surface area contributed by atoms with Crippen LogP contribution < -0.4 is 5.32 Å². The molecule has 0 unspecified atom stereocenters. The first-order chi connectivity index (χ1) is 12.1. The molecule has 0 amide bonds. The lowest BCUT2D eigenvalue weighted by Gasteiger charge is -2.04. The number of thiol groups is 2. The van der Waals surface area contributed by atoms with E-state index in [2.05, 4.69) is 30.6 Å². The van der Waals surface area contributed by atoms with Crippen LogP contribution in [0.3, 0.4) is 0 Å². The number of hydrogen-bond donors (Lipinski definition) is 3. The Balaban J connectivity index is 3.00. The monoisotopic (exact) mass is 421 g/mol. The number of thiocarbonyl (C=S) groups is 2. The number of rotatable bonds is 19. The van der Waals surface area contributed by atoms with Crippen molar-refractivity contribution in [1.29, 1.82) is 0 Å². The topological polar surface area (TPSA) is 12.0 Å². The highest BCUT2D eigenvalue weighted by Gasteiger charge is 1.96. The zero-order valence-electron chi connectivity index (χ0n) is 15.9. The van der Waals surface area contributed by atoms with Crippen LogP contribution >= 0.6 is 49.7 Å². The lowest BCUT2D eigenvalue weighted by molar-refractivity contribution is 0.528. The van der Waals surface area contributed by atoms with Gasteiger partial charge in [-0.2, -0.15) is 0 Å². The van der Waals surface area contributed by atoms with Crippen LogP contribution in [0.4, 0.5) is 0 Å². The minimum Gasteiger partial charge on any atom is -0.371 e. The van der Waals surface area contributed by atoms with E-state index in [0.717, 1.165) is 17.2 Å². The van der Waals surface area contributed by atoms with E-state index in [-0.39, 0.29) is 0 Å². The Hall–Kier alpha value is 0.680. The first-order valence-electron chi connectivity index (χ1n) is 10.3. The summed E-state index contributed by atoms with van der Waals surface area (Å²) in [4.78, 5) is 0. The molecule has 0 saturated heterocycles. The van der Waals surface area contributed by atoms with Crippen LogP contribution in [0.1, 0.15) is 109 Å². The second-order valence-electron chi connectivity index (χ2n) is 7.03. The smallest absolute Gasteiger partial charge is 0.130 e. The molecule has 148 valence electrons. The van der Waals surface area contributed by atoms with E-state index in [1.165, 1.54) is 103 Å². The van der Waals surface area contributed by atoms with E-state index < -0.39 is 0 Å². The quantitative estimate of drug-likeness (QED) is 0.112. The maximum atomic E-state index is 4.97. The van der Waals surface area contributed by atoms with Crippen LogP contribution in [0.25, 0.3) is 0 Å². The van der Waals surface area contributed by atoms with Gasteiger partial charge in [0.2, 0.25) is 0 Å². The van der Waals surface area contributed by atoms with Crippen LogP contribution in [0.15, 0.2) is 0 Å². The van der Waals surface area contributed by atoms with Gasteiger partial charge >= 0.3 is 0 Å². The molecule has 0 fully saturated rings. The van der Waals surface area contributed by atoms with Gasteiger partial charge in [0.1, 0.15) is 4.32 Å². The van der Waals surface area contributed by atoms with Crippen molar-refractivity contribution in [3.8, 4) is 0 Å². The molecule has 1 N–H and O–H groups in total. The molecule has 1 nitrogen and oxygen atoms in total. The van der Waals surface area contributed by atoms with Crippen LogP contribution in [-0.2, 0) is 0 Å². The summed E-state index contributed by atoms with van der Waals surface area (Å²) in [6.45, 7) is 0.978. The SMILES string of the molecule is S=C(S)CCCCCCCCCCCCCCCCCCNC(=S)S. The van der Waals surface area contributed by atoms with Crippen molar-refractivity contribution in [2.45, 2.75) is 109 Å². The first-order valence-corrected chi connectivity index (χ1v) is 12.0. The van der Waals surface area contributed by atoms with Crippen molar-refractivity contribution in [2.75, 3.05) is 6.54 Å². The van der Waals surface area contributed by atoms with Gasteiger partial charge in [-0.05, 0) is 19.3 Å². The molecule has 0 aliphatic heterocycles. The van der Waals surface area contributed by atoms with Crippen LogP contribution in [0, 0.1) is 0 Å². The van der Waals surface area contributed by atoms with E-state index in [4.69, 9.17) is 24.4 Å². The normalized spacial score (nSPS) is 10.8. The van der Waals surface area contributed by atoms with Gasteiger partial charge in [0, 0.05) is 10.7 Å². The highest BCUT2D eigenvalue weighted by Crippen LogP contribution is 2.14. The summed E-state index contributed by atoms with van der Waals surface area (Å²) >= 11 is 18.1. The Kier molecular flexibility index (Phi) is 21.6. The van der Waals surface area contributed by atoms with Gasteiger partial charge < -0.3 is 5.32 Å². The van der Waals surface area contributed by atoms with Gasteiger partial charge in [-0.25, -0.2) is 0 Å². The van der Waals surface area contributed by atoms with Crippen molar-refractivity contribution < 1.29 is 0 Å². The third-order valence-corrected chi connectivity index (χ3v) is 5.32. The Bertz CT molecular complexity index is 291. The molecule has 0 atom stereocenters. The standard InChI is InChI=1S/C20H39NS4/c22-19(23)17-15-13-11-9-7-5-3-1-2-4-6-8-10-12-14-16-18-21-20(24)25/h1-18H2,(H,22,23)(H2,21,24,25). The molecule has 0 rings (SSSR count). The lowest BCUT2D eigenvalue weighted by atomic mass is 10.0. The number of hydrogen-bond acceptors (Lipinski definition) is 2. The van der Waals surface area contributed by atoms with Crippen LogP contribution in [-0.4, -0.2) is 15.1 Å². The zero-order chi connectivity index (χ0) is 18.6. The molecule has 25 heavy (non-hydrogen) atoms. The summed E-state index contributed by atoms with van der Waals surface area (Å²) in [5.41, 5.74) is 0. The molecule has 5 heteroatoms. The molecule has 0 heterocycles. The minimum atomic E-state index is 0.620. The van der Waals surface area contributed by atoms with Crippen molar-refractivity contribution in [3.05, 3.63) is 0 Å². The van der Waals surface area contributed by atoms with E-state index in [9.17, 15) is 0 Å². The molecule has 0 aromatic rings. The molecule has 0 bridgehead atoms. The van der Waals surface area contributed by atoms with Crippen molar-refractivity contribution in [1.82, 2.24) is 5.32 Å². The van der Waals surface area contributed by atoms with E-state index >= 15 is 0 Å². The first kappa shape index (κ1) is 25.7. The summed E-state index contributed by atoms with van der Waals surface area (Å²) < 4.78 is 1.49. The Labute approximate surface area is 178 Å². The summed E-state index contributed by atoms with van der Waals surface area (Å²) in [6, 6.07) is 0. The van der Waals surface area contributed by atoms with E-state index in [1.807, 2.05) is 0 Å². The maximum Gasteiger partial charge on any atom is 0.130 e. The van der Waals surface area contributed by atoms with Crippen molar-refractivity contribution >= 4 is 58.2 Å². The zero-order valence-corrected chi connectivity index (χ0v) is 19.4. The molecule has 0 spiro atoms. The summed E-state index contributed by atoms with van der Waals surface area (Å²) in [6.07, 6.45) is 23.0. The Morgan fingerprint density at radius 1 is 0.520 bits per heavy atom. The Morgan fingerprint density at radius 3 is 1.16 bits per heavy atom. The van der Waals surface area contributed by atoms with Crippen molar-refractivity contribution in [3.63, 3.8) is 0 Å². The average molecular weight is 422 g/mol. The van der Waals surface area contributed by atoms with E-state index in [1.54, 1.807) is 0 Å². The highest BCUT2D eigenvalue weighted by atomic mass is 32.1. The Morgan fingerprint density at radius 2 is 0.840 bits per heavy atom. The van der Waals surface area contributed by atoms with Gasteiger partial charge in [0.25, 0.3) is 0 Å². The maximum absolute atomic E-state index is 4.97. The van der Waals surface area contributed by atoms with Gasteiger partial charge in [-0.3, -0.25) is 0 Å². The number of nitrogens with one attached hydrogen (secondary N) is 1. The van der Waals surface area contributed by atoms with Gasteiger partial charge in [0.15, 0.2) is 0 Å². The fourth-order valence-corrected chi connectivity index (χ4v) is 3.59. The average Bonchev–Trinajstić information content (AvgIpc) is 2.56. The fourth-order valence-electron chi connectivity index (χ4n) is 3.07. The predicted molar refractivity (Wildman–Crippen MR) is 130 cm³/mol. The minimum absolute atomic E-state index is 0.620. The molecular formula is C20H39NS4. The summed E-state index contributed by atoms with van der Waals surface area (Å²) in [5, 5.41) is 3.09. The molecule has 0 aromatic heterocycles. The number of unbranched alkanes of at least 4 members (excludes halogenated alkanes) is 15. The molecule has 0 aromatic carbocycles. The largest absolute Gasteiger partial charge is 0.371 e. The van der Waals surface area contributed by atoms with Gasteiger partial charge in [-0.15, -0.1) is 25.3 Å². The molecule has 0 radical (unpaired) electrons. The van der Waals surface area contributed by atoms with Gasteiger partial charge in [0.05, 0.1) is 0 Å². The lowest BCUT2D eigenvalue weighted by Crippen LogP contribution is -2.17. The third kappa shape index (κ3) is 24.7. The van der Waals surface area contributed by atoms with Gasteiger partial charge in [-0.1, -0.05) is 114 Å². The second-order valence-corrected chi connectivity index (χ2v) is 9.53. The summed E-state index contributed by atoms with van der Waals surface area (Å²) in [7, 11) is 0. The summed E-state index contributed by atoms with van der Waals surface area (Å²) in [5.74, 6) is 0. The fraction of sp³-hybridized carbons (Fsp3) is 0.900. The third-order valence-electron chi connectivity index (χ3n) is 4.59. The highest BCUT2D eigenvalue weighted by molar-refractivity contribution is 8.11. The second kappa shape index (κ2) is 21.0. The predicted octanol–water partition coefficient (Wildman–Crippen LogP) is 7.68. The molecule has 0 aliphatic carbocycles. The van der Waals surface area contributed by atoms with Crippen LogP contribution in [0.2, 0.25) is 0 Å². The van der Waals surface area contributed by atoms with Crippen LogP contribution in [0.5, 0.6) is 0 Å². The molecular weight excluding hydrogens is 382 g/mol. The molecule has 0 saturated carbocycles.